The smallest absolute Gasteiger partial charge is 0.277 e. The summed E-state index contributed by atoms with van der Waals surface area (Å²) in [6, 6.07) is 6.15. The van der Waals surface area contributed by atoms with Crippen LogP contribution in [0.3, 0.4) is 0 Å². The van der Waals surface area contributed by atoms with Crippen LogP contribution in [0.2, 0.25) is 0 Å². The molecular weight excluding hydrogens is 344 g/mol. The van der Waals surface area contributed by atoms with Crippen molar-refractivity contribution in [3.05, 3.63) is 67.9 Å². The number of carbonyl (C=O) groups is 1. The molecule has 2 rings (SSSR count). The molecule has 0 spiro atoms. The number of nitrogens with zero attached hydrogens (tertiary/aromatic N) is 3. The Morgan fingerprint density at radius 2 is 1.81 bits per heavy atom. The molecule has 0 unspecified atom stereocenters. The Morgan fingerprint density at radius 1 is 1.19 bits per heavy atom. The third-order valence-electron chi connectivity index (χ3n) is 3.22. The SMILES string of the molecule is CC(C)Oc1ncccc1CNC(=O)c1cc([N+](=O)[O-])cc([N+](=O)[O-])c1. The van der Waals surface area contributed by atoms with Gasteiger partial charge >= 0.3 is 0 Å². The molecule has 0 fully saturated rings. The lowest BCUT2D eigenvalue weighted by molar-refractivity contribution is -0.394. The monoisotopic (exact) mass is 360 g/mol. The minimum atomic E-state index is -0.792. The molecule has 0 atom stereocenters. The molecule has 0 bridgehead atoms. The fourth-order valence-corrected chi connectivity index (χ4v) is 2.10. The van der Waals surface area contributed by atoms with Crippen molar-refractivity contribution in [2.45, 2.75) is 26.5 Å². The summed E-state index contributed by atoms with van der Waals surface area (Å²) >= 11 is 0. The van der Waals surface area contributed by atoms with Gasteiger partial charge in [-0.2, -0.15) is 0 Å². The first-order valence-electron chi connectivity index (χ1n) is 7.60. The number of amides is 1. The molecule has 0 saturated heterocycles. The number of nitro groups is 2. The van der Waals surface area contributed by atoms with Crippen molar-refractivity contribution >= 4 is 17.3 Å². The van der Waals surface area contributed by atoms with Gasteiger partial charge in [0.05, 0.1) is 27.6 Å². The predicted octanol–water partition coefficient (Wildman–Crippen LogP) is 2.62. The lowest BCUT2D eigenvalue weighted by Crippen LogP contribution is -2.24. The first kappa shape index (κ1) is 18.8. The number of pyridine rings is 1. The predicted molar refractivity (Wildman–Crippen MR) is 90.9 cm³/mol. The van der Waals surface area contributed by atoms with E-state index in [-0.39, 0.29) is 18.2 Å². The zero-order chi connectivity index (χ0) is 19.3. The van der Waals surface area contributed by atoms with Crippen molar-refractivity contribution in [3.8, 4) is 5.88 Å². The van der Waals surface area contributed by atoms with Gasteiger partial charge in [0.1, 0.15) is 0 Å². The second-order valence-corrected chi connectivity index (χ2v) is 5.57. The molecule has 0 saturated carbocycles. The Balaban J connectivity index is 2.21. The van der Waals surface area contributed by atoms with E-state index in [1.807, 2.05) is 13.8 Å². The summed E-state index contributed by atoms with van der Waals surface area (Å²) in [5.74, 6) is -0.330. The maximum absolute atomic E-state index is 12.3. The van der Waals surface area contributed by atoms with Gasteiger partial charge in [0.15, 0.2) is 0 Å². The number of ether oxygens (including phenoxy) is 1. The van der Waals surface area contributed by atoms with E-state index in [1.165, 1.54) is 0 Å². The number of nitro benzene ring substituents is 2. The van der Waals surface area contributed by atoms with E-state index in [1.54, 1.807) is 18.3 Å². The van der Waals surface area contributed by atoms with Crippen LogP contribution in [0.1, 0.15) is 29.8 Å². The lowest BCUT2D eigenvalue weighted by atomic mass is 10.1. The second-order valence-electron chi connectivity index (χ2n) is 5.57. The Kier molecular flexibility index (Phi) is 5.78. The largest absolute Gasteiger partial charge is 0.475 e. The summed E-state index contributed by atoms with van der Waals surface area (Å²) in [4.78, 5) is 36.6. The molecule has 1 N–H and O–H groups in total. The molecule has 1 aromatic carbocycles. The second kappa shape index (κ2) is 8.01. The summed E-state index contributed by atoms with van der Waals surface area (Å²) in [6.45, 7) is 3.71. The maximum atomic E-state index is 12.3. The Labute approximate surface area is 148 Å². The molecule has 1 heterocycles. The molecule has 0 aliphatic carbocycles. The van der Waals surface area contributed by atoms with Crippen molar-refractivity contribution in [2.75, 3.05) is 0 Å². The number of carbonyl (C=O) groups excluding carboxylic acids is 1. The lowest BCUT2D eigenvalue weighted by Gasteiger charge is -2.13. The molecular formula is C16H16N4O6. The molecule has 0 radical (unpaired) electrons. The van der Waals surface area contributed by atoms with E-state index in [2.05, 4.69) is 10.3 Å². The van der Waals surface area contributed by atoms with E-state index in [0.29, 0.717) is 11.4 Å². The first-order valence-corrected chi connectivity index (χ1v) is 7.60. The zero-order valence-corrected chi connectivity index (χ0v) is 14.0. The maximum Gasteiger partial charge on any atom is 0.277 e. The number of aromatic nitrogens is 1. The molecule has 136 valence electrons. The van der Waals surface area contributed by atoms with Crippen LogP contribution in [0.15, 0.2) is 36.5 Å². The summed E-state index contributed by atoms with van der Waals surface area (Å²) in [7, 11) is 0. The van der Waals surface area contributed by atoms with E-state index in [0.717, 1.165) is 18.2 Å². The number of non-ortho nitro benzene ring substituents is 2. The highest BCUT2D eigenvalue weighted by atomic mass is 16.6. The quantitative estimate of drug-likeness (QED) is 0.591. The standard InChI is InChI=1S/C16H16N4O6/c1-10(2)26-16-11(4-3-5-17-16)9-18-15(21)12-6-13(19(22)23)8-14(7-12)20(24)25/h3-8,10H,9H2,1-2H3,(H,18,21). The highest BCUT2D eigenvalue weighted by Crippen LogP contribution is 2.23. The van der Waals surface area contributed by atoms with Gasteiger partial charge in [0.2, 0.25) is 5.88 Å². The van der Waals surface area contributed by atoms with E-state index >= 15 is 0 Å². The van der Waals surface area contributed by atoms with Gasteiger partial charge in [-0.3, -0.25) is 25.0 Å². The minimum Gasteiger partial charge on any atom is -0.475 e. The van der Waals surface area contributed by atoms with Crippen molar-refractivity contribution in [3.63, 3.8) is 0 Å². The molecule has 2 aromatic rings. The van der Waals surface area contributed by atoms with Gasteiger partial charge in [-0.1, -0.05) is 6.07 Å². The minimum absolute atomic E-state index is 0.0468. The molecule has 1 amide bonds. The van der Waals surface area contributed by atoms with E-state index in [9.17, 15) is 25.0 Å². The van der Waals surface area contributed by atoms with Crippen LogP contribution in [0.4, 0.5) is 11.4 Å². The van der Waals surface area contributed by atoms with Crippen molar-refractivity contribution < 1.29 is 19.4 Å². The van der Waals surface area contributed by atoms with Gasteiger partial charge in [-0.15, -0.1) is 0 Å². The normalized spacial score (nSPS) is 10.4. The Bertz CT molecular complexity index is 820. The van der Waals surface area contributed by atoms with Crippen molar-refractivity contribution in [1.29, 1.82) is 0 Å². The summed E-state index contributed by atoms with van der Waals surface area (Å²) in [5, 5.41) is 24.4. The molecule has 10 nitrogen and oxygen atoms in total. The summed E-state index contributed by atoms with van der Waals surface area (Å²) in [5.41, 5.74) is -0.639. The molecule has 1 aromatic heterocycles. The zero-order valence-electron chi connectivity index (χ0n) is 14.0. The molecule has 0 aliphatic rings. The van der Waals surface area contributed by atoms with Crippen molar-refractivity contribution in [1.82, 2.24) is 10.3 Å². The van der Waals surface area contributed by atoms with E-state index < -0.39 is 27.1 Å². The van der Waals surface area contributed by atoms with E-state index in [4.69, 9.17) is 4.74 Å². The number of rotatable bonds is 7. The average Bonchev–Trinajstić information content (AvgIpc) is 2.59. The van der Waals surface area contributed by atoms with Crippen molar-refractivity contribution in [2.24, 2.45) is 0 Å². The fraction of sp³-hybridized carbons (Fsp3) is 0.250. The molecule has 10 heteroatoms. The number of benzene rings is 1. The Morgan fingerprint density at radius 3 is 2.35 bits per heavy atom. The van der Waals surface area contributed by atoms with Crippen LogP contribution in [0.25, 0.3) is 0 Å². The summed E-state index contributed by atoms with van der Waals surface area (Å²) in [6.07, 6.45) is 1.44. The molecule has 26 heavy (non-hydrogen) atoms. The van der Waals surface area contributed by atoms with Gasteiger partial charge in [0, 0.05) is 30.4 Å². The topological polar surface area (TPSA) is 138 Å². The fourth-order valence-electron chi connectivity index (χ4n) is 2.10. The van der Waals surface area contributed by atoms with Gasteiger partial charge in [-0.05, 0) is 19.9 Å². The number of hydrogen-bond acceptors (Lipinski definition) is 7. The Hall–Kier alpha value is -3.56. The number of nitrogens with one attached hydrogen (secondary N) is 1. The van der Waals surface area contributed by atoms with Crippen LogP contribution in [0, 0.1) is 20.2 Å². The van der Waals surface area contributed by atoms with Crippen LogP contribution in [-0.4, -0.2) is 26.8 Å². The van der Waals surface area contributed by atoms with Gasteiger partial charge in [0.25, 0.3) is 17.3 Å². The van der Waals surface area contributed by atoms with Crippen LogP contribution in [0.5, 0.6) is 5.88 Å². The van der Waals surface area contributed by atoms with Gasteiger partial charge < -0.3 is 10.1 Å². The summed E-state index contributed by atoms with van der Waals surface area (Å²) < 4.78 is 5.54. The van der Waals surface area contributed by atoms with Crippen LogP contribution in [-0.2, 0) is 6.54 Å². The number of hydrogen-bond donors (Lipinski definition) is 1. The molecule has 0 aliphatic heterocycles. The van der Waals surface area contributed by atoms with Crippen LogP contribution < -0.4 is 10.1 Å². The van der Waals surface area contributed by atoms with Crippen LogP contribution >= 0.6 is 0 Å². The first-order chi connectivity index (χ1) is 12.3. The highest BCUT2D eigenvalue weighted by Gasteiger charge is 2.20. The highest BCUT2D eigenvalue weighted by molar-refractivity contribution is 5.95. The third-order valence-corrected chi connectivity index (χ3v) is 3.22. The average molecular weight is 360 g/mol. The third kappa shape index (κ3) is 4.72. The van der Waals surface area contributed by atoms with Gasteiger partial charge in [-0.25, -0.2) is 4.98 Å².